The number of hydrogen-bond acceptors (Lipinski definition) is 2. The highest BCUT2D eigenvalue weighted by atomic mass is 16.6. The van der Waals surface area contributed by atoms with Crippen LogP contribution in [0.15, 0.2) is 29.8 Å². The van der Waals surface area contributed by atoms with Crippen molar-refractivity contribution in [2.45, 2.75) is 32.1 Å². The maximum absolute atomic E-state index is 11.1. The van der Waals surface area contributed by atoms with Crippen LogP contribution in [0.1, 0.15) is 43.2 Å². The molecule has 1 aromatic carbocycles. The number of nitro benzene ring substituents is 1. The van der Waals surface area contributed by atoms with Crippen molar-refractivity contribution < 1.29 is 4.92 Å². The van der Waals surface area contributed by atoms with Gasteiger partial charge in [0.05, 0.1) is 4.92 Å². The van der Waals surface area contributed by atoms with Gasteiger partial charge in [0, 0.05) is 23.5 Å². The predicted molar refractivity (Wildman–Crippen MR) is 66.1 cm³/mol. The summed E-state index contributed by atoms with van der Waals surface area (Å²) in [7, 11) is 0. The van der Waals surface area contributed by atoms with Crippen LogP contribution in [0.3, 0.4) is 0 Å². The van der Waals surface area contributed by atoms with Gasteiger partial charge in [0.2, 0.25) is 0 Å². The summed E-state index contributed by atoms with van der Waals surface area (Å²) in [6.45, 7) is 4.34. The first-order chi connectivity index (χ1) is 8.09. The standard InChI is InChI=1S/C14H15NO2/c1-8(2)11-6-9-7-12(11)14-10(9)4-3-5-13(14)15(16)17/h3-6,8-9,12H,7H2,1-2H3. The summed E-state index contributed by atoms with van der Waals surface area (Å²) in [4.78, 5) is 10.9. The topological polar surface area (TPSA) is 43.1 Å². The smallest absolute Gasteiger partial charge is 0.258 e. The van der Waals surface area contributed by atoms with Crippen LogP contribution >= 0.6 is 0 Å². The van der Waals surface area contributed by atoms with Gasteiger partial charge >= 0.3 is 0 Å². The van der Waals surface area contributed by atoms with Crippen LogP contribution in [0.2, 0.25) is 0 Å². The van der Waals surface area contributed by atoms with E-state index >= 15 is 0 Å². The van der Waals surface area contributed by atoms with E-state index in [1.54, 1.807) is 12.1 Å². The molecule has 17 heavy (non-hydrogen) atoms. The van der Waals surface area contributed by atoms with E-state index in [1.807, 2.05) is 6.07 Å². The molecule has 2 unspecified atom stereocenters. The number of fused-ring (bicyclic) bond motifs is 5. The molecule has 1 aromatic rings. The van der Waals surface area contributed by atoms with Gasteiger partial charge in [-0.15, -0.1) is 0 Å². The van der Waals surface area contributed by atoms with Gasteiger partial charge < -0.3 is 0 Å². The lowest BCUT2D eigenvalue weighted by Crippen LogP contribution is -2.07. The van der Waals surface area contributed by atoms with Crippen LogP contribution in [-0.4, -0.2) is 4.92 Å². The van der Waals surface area contributed by atoms with E-state index in [1.165, 1.54) is 11.1 Å². The molecule has 3 heteroatoms. The Kier molecular flexibility index (Phi) is 2.12. The molecule has 2 aliphatic carbocycles. The minimum absolute atomic E-state index is 0.239. The van der Waals surface area contributed by atoms with Crippen LogP contribution in [0.25, 0.3) is 0 Å². The van der Waals surface area contributed by atoms with E-state index < -0.39 is 0 Å². The molecule has 0 aromatic heterocycles. The third kappa shape index (κ3) is 1.35. The number of benzene rings is 1. The molecular formula is C14H15NO2. The highest BCUT2D eigenvalue weighted by Gasteiger charge is 2.42. The Balaban J connectivity index is 2.15. The Bertz CT molecular complexity index is 531. The zero-order valence-corrected chi connectivity index (χ0v) is 10.0. The largest absolute Gasteiger partial charge is 0.273 e. The Labute approximate surface area is 100 Å². The number of allylic oxidation sites excluding steroid dienone is 2. The fraction of sp³-hybridized carbons (Fsp3) is 0.429. The minimum Gasteiger partial charge on any atom is -0.258 e. The van der Waals surface area contributed by atoms with E-state index in [-0.39, 0.29) is 10.8 Å². The normalized spacial score (nSPS) is 25.0. The van der Waals surface area contributed by atoms with Crippen molar-refractivity contribution in [1.29, 1.82) is 0 Å². The van der Waals surface area contributed by atoms with Crippen molar-refractivity contribution in [3.05, 3.63) is 51.1 Å². The molecule has 2 atom stereocenters. The molecule has 3 rings (SSSR count). The summed E-state index contributed by atoms with van der Waals surface area (Å²) in [5.74, 6) is 1.18. The molecule has 0 heterocycles. The fourth-order valence-electron chi connectivity index (χ4n) is 3.34. The molecule has 88 valence electrons. The first-order valence-electron chi connectivity index (χ1n) is 6.08. The number of nitro groups is 1. The third-order valence-corrected chi connectivity index (χ3v) is 4.01. The van der Waals surface area contributed by atoms with Gasteiger partial charge in [0.15, 0.2) is 0 Å². The SMILES string of the molecule is CC(C)C1=CC2CC1c1c2cccc1[N+](=O)[O-]. The summed E-state index contributed by atoms with van der Waals surface area (Å²) in [5, 5.41) is 11.1. The molecule has 0 N–H and O–H groups in total. The zero-order chi connectivity index (χ0) is 12.2. The highest BCUT2D eigenvalue weighted by Crippen LogP contribution is 2.56. The predicted octanol–water partition coefficient (Wildman–Crippen LogP) is 3.76. The summed E-state index contributed by atoms with van der Waals surface area (Å²) in [6.07, 6.45) is 3.36. The number of hydrogen-bond donors (Lipinski definition) is 0. The minimum atomic E-state index is -0.239. The Morgan fingerprint density at radius 1 is 1.41 bits per heavy atom. The maximum atomic E-state index is 11.1. The van der Waals surface area contributed by atoms with E-state index in [9.17, 15) is 10.1 Å². The number of rotatable bonds is 2. The second kappa shape index (κ2) is 3.42. The molecule has 3 nitrogen and oxygen atoms in total. The molecule has 2 bridgehead atoms. The summed E-state index contributed by atoms with van der Waals surface area (Å²) >= 11 is 0. The fourth-order valence-corrected chi connectivity index (χ4v) is 3.34. The van der Waals surface area contributed by atoms with Crippen LogP contribution in [0.5, 0.6) is 0 Å². The molecule has 0 saturated heterocycles. The molecule has 0 fully saturated rings. The Morgan fingerprint density at radius 2 is 2.18 bits per heavy atom. The lowest BCUT2D eigenvalue weighted by molar-refractivity contribution is -0.385. The maximum Gasteiger partial charge on any atom is 0.273 e. The molecule has 2 aliphatic rings. The lowest BCUT2D eigenvalue weighted by atomic mass is 9.84. The van der Waals surface area contributed by atoms with Crippen LogP contribution in [0.4, 0.5) is 5.69 Å². The van der Waals surface area contributed by atoms with Gasteiger partial charge in [-0.3, -0.25) is 10.1 Å². The molecule has 0 spiro atoms. The van der Waals surface area contributed by atoms with E-state index in [0.717, 1.165) is 12.0 Å². The Hall–Kier alpha value is -1.64. The zero-order valence-electron chi connectivity index (χ0n) is 10.0. The van der Waals surface area contributed by atoms with Crippen molar-refractivity contribution >= 4 is 5.69 Å². The van der Waals surface area contributed by atoms with Crippen molar-refractivity contribution in [1.82, 2.24) is 0 Å². The van der Waals surface area contributed by atoms with E-state index in [0.29, 0.717) is 17.5 Å². The summed E-state index contributed by atoms with van der Waals surface area (Å²) in [6, 6.07) is 5.48. The average Bonchev–Trinajstić information content (AvgIpc) is 2.86. The molecule has 0 saturated carbocycles. The second-order valence-corrected chi connectivity index (χ2v) is 5.25. The van der Waals surface area contributed by atoms with E-state index in [2.05, 4.69) is 19.9 Å². The van der Waals surface area contributed by atoms with Gasteiger partial charge in [-0.25, -0.2) is 0 Å². The molecule has 0 aliphatic heterocycles. The second-order valence-electron chi connectivity index (χ2n) is 5.25. The number of nitrogens with zero attached hydrogens (tertiary/aromatic N) is 1. The van der Waals surface area contributed by atoms with Gasteiger partial charge in [-0.1, -0.05) is 37.6 Å². The Morgan fingerprint density at radius 3 is 2.82 bits per heavy atom. The first kappa shape index (κ1) is 10.5. The first-order valence-corrected chi connectivity index (χ1v) is 6.08. The molecular weight excluding hydrogens is 214 g/mol. The third-order valence-electron chi connectivity index (χ3n) is 4.01. The quantitative estimate of drug-likeness (QED) is 0.440. The van der Waals surface area contributed by atoms with Gasteiger partial charge in [-0.2, -0.15) is 0 Å². The molecule has 0 amide bonds. The van der Waals surface area contributed by atoms with Crippen LogP contribution in [0, 0.1) is 16.0 Å². The summed E-state index contributed by atoms with van der Waals surface area (Å²) in [5.41, 5.74) is 3.85. The van der Waals surface area contributed by atoms with Crippen molar-refractivity contribution in [2.24, 2.45) is 5.92 Å². The van der Waals surface area contributed by atoms with Crippen molar-refractivity contribution in [3.8, 4) is 0 Å². The summed E-state index contributed by atoms with van der Waals surface area (Å²) < 4.78 is 0. The van der Waals surface area contributed by atoms with Crippen molar-refractivity contribution in [3.63, 3.8) is 0 Å². The van der Waals surface area contributed by atoms with Gasteiger partial charge in [-0.05, 0) is 17.9 Å². The lowest BCUT2D eigenvalue weighted by Gasteiger charge is -2.19. The monoisotopic (exact) mass is 229 g/mol. The van der Waals surface area contributed by atoms with E-state index in [4.69, 9.17) is 0 Å². The molecule has 0 radical (unpaired) electrons. The highest BCUT2D eigenvalue weighted by molar-refractivity contribution is 5.60. The average molecular weight is 229 g/mol. The van der Waals surface area contributed by atoms with Crippen LogP contribution in [-0.2, 0) is 0 Å². The van der Waals surface area contributed by atoms with Gasteiger partial charge in [0.1, 0.15) is 0 Å². The van der Waals surface area contributed by atoms with Gasteiger partial charge in [0.25, 0.3) is 5.69 Å². The van der Waals surface area contributed by atoms with Crippen LogP contribution < -0.4 is 0 Å². The van der Waals surface area contributed by atoms with Crippen molar-refractivity contribution in [2.75, 3.05) is 0 Å².